The van der Waals surface area contributed by atoms with Gasteiger partial charge in [0.1, 0.15) is 10.6 Å². The molecule has 8 heteroatoms. The molecule has 1 rings (SSSR count). The number of nitrogens with zero attached hydrogens (tertiary/aromatic N) is 1. The SMILES string of the molecule is CCOC(=O)c1c(C)nsc1NCCC(F)(F)F. The molecule has 0 aliphatic rings. The van der Waals surface area contributed by atoms with Crippen LogP contribution in [0, 0.1) is 6.92 Å². The Bertz CT molecular complexity index is 418. The Morgan fingerprint density at radius 3 is 2.72 bits per heavy atom. The highest BCUT2D eigenvalue weighted by Gasteiger charge is 2.27. The van der Waals surface area contributed by atoms with Crippen LogP contribution in [0.2, 0.25) is 0 Å². The van der Waals surface area contributed by atoms with Crippen molar-refractivity contribution in [2.45, 2.75) is 26.4 Å². The molecule has 0 atom stereocenters. The summed E-state index contributed by atoms with van der Waals surface area (Å²) in [5.41, 5.74) is 0.664. The van der Waals surface area contributed by atoms with Gasteiger partial charge in [0, 0.05) is 6.54 Å². The average Bonchev–Trinajstić information content (AvgIpc) is 2.58. The van der Waals surface area contributed by atoms with Crippen LogP contribution in [0.3, 0.4) is 0 Å². The molecule has 1 aromatic rings. The zero-order valence-electron chi connectivity index (χ0n) is 9.93. The van der Waals surface area contributed by atoms with Crippen molar-refractivity contribution in [3.05, 3.63) is 11.3 Å². The summed E-state index contributed by atoms with van der Waals surface area (Å²) in [4.78, 5) is 11.6. The molecule has 0 unspecified atom stereocenters. The fraction of sp³-hybridized carbons (Fsp3) is 0.600. The van der Waals surface area contributed by atoms with E-state index in [0.717, 1.165) is 11.5 Å². The summed E-state index contributed by atoms with van der Waals surface area (Å²) in [7, 11) is 0. The van der Waals surface area contributed by atoms with Gasteiger partial charge < -0.3 is 10.1 Å². The highest BCUT2D eigenvalue weighted by molar-refractivity contribution is 7.10. The summed E-state index contributed by atoms with van der Waals surface area (Å²) in [5.74, 6) is -0.571. The Balaban J connectivity index is 2.69. The topological polar surface area (TPSA) is 51.2 Å². The maximum atomic E-state index is 12.0. The standard InChI is InChI=1S/C10H13F3N2O2S/c1-3-17-9(16)7-6(2)15-18-8(7)14-5-4-10(11,12)13/h14H,3-5H2,1-2H3. The molecule has 0 fully saturated rings. The Hall–Kier alpha value is -1.31. The molecule has 0 aromatic carbocycles. The molecule has 0 saturated carbocycles. The van der Waals surface area contributed by atoms with E-state index < -0.39 is 18.6 Å². The lowest BCUT2D eigenvalue weighted by Crippen LogP contribution is -2.15. The summed E-state index contributed by atoms with van der Waals surface area (Å²) < 4.78 is 44.8. The van der Waals surface area contributed by atoms with Gasteiger partial charge in [-0.25, -0.2) is 4.79 Å². The van der Waals surface area contributed by atoms with E-state index in [4.69, 9.17) is 4.74 Å². The van der Waals surface area contributed by atoms with Crippen LogP contribution >= 0.6 is 11.5 Å². The second-order valence-corrected chi connectivity index (χ2v) is 4.26. The maximum absolute atomic E-state index is 12.0. The minimum Gasteiger partial charge on any atom is -0.462 e. The van der Waals surface area contributed by atoms with Gasteiger partial charge in [-0.3, -0.25) is 0 Å². The van der Waals surface area contributed by atoms with E-state index in [1.807, 2.05) is 0 Å². The number of alkyl halides is 3. The summed E-state index contributed by atoms with van der Waals surface area (Å²) >= 11 is 0.952. The van der Waals surface area contributed by atoms with E-state index in [0.29, 0.717) is 10.7 Å². The Morgan fingerprint density at radius 1 is 1.50 bits per heavy atom. The van der Waals surface area contributed by atoms with Gasteiger partial charge >= 0.3 is 12.1 Å². The number of hydrogen-bond donors (Lipinski definition) is 1. The van der Waals surface area contributed by atoms with Crippen molar-refractivity contribution < 1.29 is 22.7 Å². The average molecular weight is 282 g/mol. The number of hydrogen-bond acceptors (Lipinski definition) is 5. The first-order chi connectivity index (χ1) is 8.35. The van der Waals surface area contributed by atoms with Gasteiger partial charge in [-0.2, -0.15) is 17.5 Å². The van der Waals surface area contributed by atoms with Gasteiger partial charge in [0.25, 0.3) is 0 Å². The molecular formula is C10H13F3N2O2S. The molecule has 4 nitrogen and oxygen atoms in total. The summed E-state index contributed by atoms with van der Waals surface area (Å²) in [6, 6.07) is 0. The smallest absolute Gasteiger partial charge is 0.390 e. The third kappa shape index (κ3) is 4.17. The molecule has 102 valence electrons. The van der Waals surface area contributed by atoms with Crippen molar-refractivity contribution in [3.8, 4) is 0 Å². The van der Waals surface area contributed by atoms with Gasteiger partial charge in [-0.05, 0) is 25.4 Å². The summed E-state index contributed by atoms with van der Waals surface area (Å²) in [6.45, 7) is 3.18. The number of nitrogens with one attached hydrogen (secondary N) is 1. The van der Waals surface area contributed by atoms with Gasteiger partial charge in [0.2, 0.25) is 0 Å². The van der Waals surface area contributed by atoms with E-state index in [1.165, 1.54) is 0 Å². The molecule has 0 radical (unpaired) electrons. The summed E-state index contributed by atoms with van der Waals surface area (Å²) in [5, 5.41) is 2.88. The van der Waals surface area contributed by atoms with Crippen molar-refractivity contribution in [1.29, 1.82) is 0 Å². The predicted molar refractivity (Wildman–Crippen MR) is 62.0 cm³/mol. The Kier molecular flexibility index (Phi) is 4.94. The van der Waals surface area contributed by atoms with Crippen LogP contribution in [0.4, 0.5) is 18.2 Å². The molecular weight excluding hydrogens is 269 g/mol. The predicted octanol–water partition coefficient (Wildman–Crippen LogP) is 2.99. The van der Waals surface area contributed by atoms with Crippen LogP contribution in [-0.4, -0.2) is 29.7 Å². The van der Waals surface area contributed by atoms with E-state index >= 15 is 0 Å². The van der Waals surface area contributed by atoms with Crippen molar-refractivity contribution in [1.82, 2.24) is 4.37 Å². The van der Waals surface area contributed by atoms with Crippen LogP contribution in [0.5, 0.6) is 0 Å². The Morgan fingerprint density at radius 2 is 2.17 bits per heavy atom. The molecule has 1 aromatic heterocycles. The first-order valence-corrected chi connectivity index (χ1v) is 6.06. The van der Waals surface area contributed by atoms with Crippen LogP contribution in [-0.2, 0) is 4.74 Å². The fourth-order valence-corrected chi connectivity index (χ4v) is 2.06. The quantitative estimate of drug-likeness (QED) is 0.843. The normalized spacial score (nSPS) is 11.4. The first-order valence-electron chi connectivity index (χ1n) is 5.29. The first kappa shape index (κ1) is 14.7. The second-order valence-electron chi connectivity index (χ2n) is 3.48. The third-order valence-corrected chi connectivity index (χ3v) is 2.93. The lowest BCUT2D eigenvalue weighted by Gasteiger charge is -2.08. The zero-order chi connectivity index (χ0) is 13.8. The van der Waals surface area contributed by atoms with E-state index in [9.17, 15) is 18.0 Å². The molecule has 0 saturated heterocycles. The number of esters is 1. The monoisotopic (exact) mass is 282 g/mol. The van der Waals surface area contributed by atoms with Crippen molar-refractivity contribution in [2.24, 2.45) is 0 Å². The largest absolute Gasteiger partial charge is 0.462 e. The minimum atomic E-state index is -4.23. The second kappa shape index (κ2) is 6.03. The minimum absolute atomic E-state index is 0.204. The third-order valence-electron chi connectivity index (χ3n) is 2.04. The number of anilines is 1. The molecule has 1 N–H and O–H groups in total. The molecule has 1 heterocycles. The number of rotatable bonds is 5. The number of aromatic nitrogens is 1. The lowest BCUT2D eigenvalue weighted by atomic mass is 10.2. The van der Waals surface area contributed by atoms with Crippen molar-refractivity contribution in [3.63, 3.8) is 0 Å². The van der Waals surface area contributed by atoms with Gasteiger partial charge in [-0.15, -0.1) is 0 Å². The van der Waals surface area contributed by atoms with E-state index in [-0.39, 0.29) is 18.7 Å². The van der Waals surface area contributed by atoms with Gasteiger partial charge in [-0.1, -0.05) is 0 Å². The zero-order valence-corrected chi connectivity index (χ0v) is 10.7. The molecule has 18 heavy (non-hydrogen) atoms. The Labute approximate surface area is 106 Å². The highest BCUT2D eigenvalue weighted by atomic mass is 32.1. The molecule has 0 aliphatic carbocycles. The van der Waals surface area contributed by atoms with Crippen molar-refractivity contribution >= 4 is 22.5 Å². The van der Waals surface area contributed by atoms with E-state index in [1.54, 1.807) is 13.8 Å². The number of carbonyl (C=O) groups excluding carboxylic acids is 1. The van der Waals surface area contributed by atoms with Gasteiger partial charge in [0.05, 0.1) is 18.7 Å². The molecule has 0 spiro atoms. The van der Waals surface area contributed by atoms with Crippen LogP contribution < -0.4 is 5.32 Å². The van der Waals surface area contributed by atoms with E-state index in [2.05, 4.69) is 9.69 Å². The summed E-state index contributed by atoms with van der Waals surface area (Å²) in [6.07, 6.45) is -5.19. The van der Waals surface area contributed by atoms with Crippen molar-refractivity contribution in [2.75, 3.05) is 18.5 Å². The molecule has 0 aliphatic heterocycles. The number of aryl methyl sites for hydroxylation is 1. The lowest BCUT2D eigenvalue weighted by molar-refractivity contribution is -0.131. The molecule has 0 bridgehead atoms. The van der Waals surface area contributed by atoms with Crippen LogP contribution in [0.15, 0.2) is 0 Å². The maximum Gasteiger partial charge on any atom is 0.390 e. The number of halogens is 3. The number of carbonyl (C=O) groups is 1. The van der Waals surface area contributed by atoms with Crippen LogP contribution in [0.1, 0.15) is 29.4 Å². The number of ether oxygens (including phenoxy) is 1. The van der Waals surface area contributed by atoms with Gasteiger partial charge in [0.15, 0.2) is 0 Å². The highest BCUT2D eigenvalue weighted by Crippen LogP contribution is 2.26. The fourth-order valence-electron chi connectivity index (χ4n) is 1.25. The van der Waals surface area contributed by atoms with Crippen LogP contribution in [0.25, 0.3) is 0 Å². The molecule has 0 amide bonds.